The summed E-state index contributed by atoms with van der Waals surface area (Å²) in [6, 6.07) is 10.6. The Kier molecular flexibility index (Phi) is 4.51. The number of aryl methyl sites for hydroxylation is 1. The molecular weight excluding hydrogens is 276 g/mol. The minimum absolute atomic E-state index is 0.0812. The lowest BCUT2D eigenvalue weighted by molar-refractivity contribution is -0.121. The van der Waals surface area contributed by atoms with E-state index in [4.69, 9.17) is 0 Å². The Morgan fingerprint density at radius 1 is 1.23 bits per heavy atom. The fourth-order valence-electron chi connectivity index (χ4n) is 3.33. The van der Waals surface area contributed by atoms with E-state index in [1.165, 1.54) is 24.7 Å². The summed E-state index contributed by atoms with van der Waals surface area (Å²) in [5.41, 5.74) is 1.47. The molecule has 3 rings (SSSR count). The molecule has 0 unspecified atom stereocenters. The van der Waals surface area contributed by atoms with Gasteiger partial charge in [0.2, 0.25) is 5.91 Å². The summed E-state index contributed by atoms with van der Waals surface area (Å²) >= 11 is 0. The molecule has 22 heavy (non-hydrogen) atoms. The Morgan fingerprint density at radius 3 is 2.68 bits per heavy atom. The standard InChI is InChI=1S/C17H22N4O/c22-16(8-11-21-14-18-13-20-21)19-12-17(9-4-5-10-17)15-6-2-1-3-7-15/h1-3,6-7,13-14H,4-5,8-12H2,(H,19,22). The first kappa shape index (κ1) is 14.8. The fourth-order valence-corrected chi connectivity index (χ4v) is 3.33. The van der Waals surface area contributed by atoms with Gasteiger partial charge in [-0.15, -0.1) is 0 Å². The summed E-state index contributed by atoms with van der Waals surface area (Å²) in [6.45, 7) is 1.30. The highest BCUT2D eigenvalue weighted by molar-refractivity contribution is 5.75. The summed E-state index contributed by atoms with van der Waals surface area (Å²) in [5, 5.41) is 7.14. The van der Waals surface area contributed by atoms with Crippen molar-refractivity contribution in [2.75, 3.05) is 6.54 Å². The normalized spacial score (nSPS) is 16.5. The van der Waals surface area contributed by atoms with Crippen LogP contribution >= 0.6 is 0 Å². The van der Waals surface area contributed by atoms with Crippen LogP contribution in [0, 0.1) is 0 Å². The van der Waals surface area contributed by atoms with Gasteiger partial charge in [0.15, 0.2) is 0 Å². The van der Waals surface area contributed by atoms with Crippen LogP contribution < -0.4 is 5.32 Å². The van der Waals surface area contributed by atoms with Crippen LogP contribution in [0.5, 0.6) is 0 Å². The number of rotatable bonds is 6. The summed E-state index contributed by atoms with van der Waals surface area (Å²) in [6.07, 6.45) is 8.35. The Hall–Kier alpha value is -2.17. The number of amides is 1. The van der Waals surface area contributed by atoms with Gasteiger partial charge < -0.3 is 5.32 Å². The molecule has 1 aliphatic rings. The number of carbonyl (C=O) groups excluding carboxylic acids is 1. The summed E-state index contributed by atoms with van der Waals surface area (Å²) in [4.78, 5) is 16.0. The van der Waals surface area contributed by atoms with Crippen molar-refractivity contribution >= 4 is 5.91 Å². The summed E-state index contributed by atoms with van der Waals surface area (Å²) < 4.78 is 1.68. The van der Waals surface area contributed by atoms with Gasteiger partial charge in [-0.25, -0.2) is 4.98 Å². The second-order valence-corrected chi connectivity index (χ2v) is 6.04. The van der Waals surface area contributed by atoms with Crippen molar-refractivity contribution in [2.24, 2.45) is 0 Å². The molecule has 1 aromatic carbocycles. The highest BCUT2D eigenvalue weighted by Crippen LogP contribution is 2.40. The number of hydrogen-bond acceptors (Lipinski definition) is 3. The molecule has 0 aliphatic heterocycles. The van der Waals surface area contributed by atoms with Gasteiger partial charge in [0.25, 0.3) is 0 Å². The minimum Gasteiger partial charge on any atom is -0.355 e. The van der Waals surface area contributed by atoms with Crippen LogP contribution in [0.4, 0.5) is 0 Å². The molecule has 0 atom stereocenters. The Balaban J connectivity index is 1.57. The lowest BCUT2D eigenvalue weighted by atomic mass is 9.79. The highest BCUT2D eigenvalue weighted by atomic mass is 16.1. The Labute approximate surface area is 130 Å². The maximum absolute atomic E-state index is 12.1. The van der Waals surface area contributed by atoms with E-state index in [1.807, 2.05) is 6.07 Å². The molecule has 0 spiro atoms. The molecule has 1 amide bonds. The van der Waals surface area contributed by atoms with Gasteiger partial charge in [0.05, 0.1) is 6.54 Å². The molecule has 1 N–H and O–H groups in total. The molecule has 1 saturated carbocycles. The molecule has 1 heterocycles. The summed E-state index contributed by atoms with van der Waals surface area (Å²) in [7, 11) is 0. The number of benzene rings is 1. The largest absolute Gasteiger partial charge is 0.355 e. The van der Waals surface area contributed by atoms with Gasteiger partial charge in [-0.1, -0.05) is 43.2 Å². The van der Waals surface area contributed by atoms with Crippen molar-refractivity contribution in [3.8, 4) is 0 Å². The van der Waals surface area contributed by atoms with E-state index in [0.717, 1.165) is 19.4 Å². The third-order valence-electron chi connectivity index (χ3n) is 4.61. The second-order valence-electron chi connectivity index (χ2n) is 6.04. The second kappa shape index (κ2) is 6.73. The van der Waals surface area contributed by atoms with Crippen molar-refractivity contribution in [3.63, 3.8) is 0 Å². The quantitative estimate of drug-likeness (QED) is 0.890. The lowest BCUT2D eigenvalue weighted by Crippen LogP contribution is -2.39. The zero-order valence-electron chi connectivity index (χ0n) is 12.7. The van der Waals surface area contributed by atoms with Crippen LogP contribution in [0.1, 0.15) is 37.7 Å². The fraction of sp³-hybridized carbons (Fsp3) is 0.471. The third kappa shape index (κ3) is 3.35. The van der Waals surface area contributed by atoms with E-state index < -0.39 is 0 Å². The topological polar surface area (TPSA) is 59.8 Å². The molecule has 5 nitrogen and oxygen atoms in total. The van der Waals surface area contributed by atoms with Gasteiger partial charge in [-0.2, -0.15) is 5.10 Å². The molecule has 116 valence electrons. The zero-order valence-corrected chi connectivity index (χ0v) is 12.7. The van der Waals surface area contributed by atoms with Crippen molar-refractivity contribution in [3.05, 3.63) is 48.5 Å². The average Bonchev–Trinajstić information content (AvgIpc) is 3.24. The van der Waals surface area contributed by atoms with Crippen LogP contribution in [0.3, 0.4) is 0 Å². The molecular formula is C17H22N4O. The Bertz CT molecular complexity index is 588. The van der Waals surface area contributed by atoms with Crippen molar-refractivity contribution in [1.29, 1.82) is 0 Å². The smallest absolute Gasteiger partial charge is 0.221 e. The predicted molar refractivity (Wildman–Crippen MR) is 84.2 cm³/mol. The van der Waals surface area contributed by atoms with Gasteiger partial charge in [-0.05, 0) is 18.4 Å². The predicted octanol–water partition coefficient (Wildman–Crippen LogP) is 2.30. The molecule has 0 radical (unpaired) electrons. The van der Waals surface area contributed by atoms with Crippen molar-refractivity contribution < 1.29 is 4.79 Å². The lowest BCUT2D eigenvalue weighted by Gasteiger charge is -2.30. The van der Waals surface area contributed by atoms with Gasteiger partial charge in [0.1, 0.15) is 12.7 Å². The maximum Gasteiger partial charge on any atom is 0.221 e. The van der Waals surface area contributed by atoms with E-state index >= 15 is 0 Å². The molecule has 1 fully saturated rings. The average molecular weight is 298 g/mol. The van der Waals surface area contributed by atoms with Crippen molar-refractivity contribution in [1.82, 2.24) is 20.1 Å². The van der Waals surface area contributed by atoms with Gasteiger partial charge in [-0.3, -0.25) is 9.48 Å². The van der Waals surface area contributed by atoms with Crippen LogP contribution in [0.15, 0.2) is 43.0 Å². The zero-order chi connectivity index (χ0) is 15.3. The van der Waals surface area contributed by atoms with E-state index in [-0.39, 0.29) is 11.3 Å². The maximum atomic E-state index is 12.1. The molecule has 5 heteroatoms. The Morgan fingerprint density at radius 2 is 2.00 bits per heavy atom. The van der Waals surface area contributed by atoms with Crippen LogP contribution in [-0.2, 0) is 16.8 Å². The van der Waals surface area contributed by atoms with E-state index in [9.17, 15) is 4.79 Å². The number of nitrogens with zero attached hydrogens (tertiary/aromatic N) is 3. The highest BCUT2D eigenvalue weighted by Gasteiger charge is 2.35. The third-order valence-corrected chi connectivity index (χ3v) is 4.61. The van der Waals surface area contributed by atoms with E-state index in [0.29, 0.717) is 13.0 Å². The first-order valence-corrected chi connectivity index (χ1v) is 7.93. The molecule has 0 bridgehead atoms. The number of nitrogens with one attached hydrogen (secondary N) is 1. The first-order valence-electron chi connectivity index (χ1n) is 7.93. The van der Waals surface area contributed by atoms with Crippen LogP contribution in [-0.4, -0.2) is 27.2 Å². The number of aromatic nitrogens is 3. The SMILES string of the molecule is O=C(CCn1cncn1)NCC1(c2ccccc2)CCCC1. The van der Waals surface area contributed by atoms with E-state index in [1.54, 1.807) is 11.0 Å². The summed E-state index contributed by atoms with van der Waals surface area (Å²) in [5.74, 6) is 0.0812. The molecule has 2 aromatic rings. The molecule has 1 aromatic heterocycles. The first-order chi connectivity index (χ1) is 10.8. The minimum atomic E-state index is 0.0812. The van der Waals surface area contributed by atoms with E-state index in [2.05, 4.69) is 39.7 Å². The molecule has 1 aliphatic carbocycles. The van der Waals surface area contributed by atoms with Gasteiger partial charge in [0, 0.05) is 18.4 Å². The molecule has 0 saturated heterocycles. The van der Waals surface area contributed by atoms with Crippen molar-refractivity contribution in [2.45, 2.75) is 44.1 Å². The number of hydrogen-bond donors (Lipinski definition) is 1. The monoisotopic (exact) mass is 298 g/mol. The van der Waals surface area contributed by atoms with Crippen LogP contribution in [0.25, 0.3) is 0 Å². The van der Waals surface area contributed by atoms with Gasteiger partial charge >= 0.3 is 0 Å². The van der Waals surface area contributed by atoms with Crippen LogP contribution in [0.2, 0.25) is 0 Å². The number of carbonyl (C=O) groups is 1.